The van der Waals surface area contributed by atoms with Crippen molar-refractivity contribution in [3.63, 3.8) is 0 Å². The van der Waals surface area contributed by atoms with Gasteiger partial charge in [-0.15, -0.1) is 0 Å². The van der Waals surface area contributed by atoms with Crippen molar-refractivity contribution in [1.29, 1.82) is 0 Å². The normalized spacial score (nSPS) is 23.1. The van der Waals surface area contributed by atoms with Gasteiger partial charge in [0.15, 0.2) is 0 Å². The van der Waals surface area contributed by atoms with Crippen LogP contribution in [0, 0.1) is 15.9 Å². The standard InChI is InChI=1S/C12H14BrFN2O3/c13-9-5-12(16(18)19)11(6-10(9)14)15-7-1-3-8(17)4-2-7/h5-8,15,17H,1-4H2. The third-order valence-corrected chi connectivity index (χ3v) is 3.90. The number of aliphatic hydroxyl groups is 1. The third-order valence-electron chi connectivity index (χ3n) is 3.29. The van der Waals surface area contributed by atoms with Crippen LogP contribution in [0.5, 0.6) is 0 Å². The van der Waals surface area contributed by atoms with Gasteiger partial charge in [0.25, 0.3) is 5.69 Å². The maximum absolute atomic E-state index is 13.5. The quantitative estimate of drug-likeness (QED) is 0.658. The number of nitrogens with one attached hydrogen (secondary N) is 1. The Balaban J connectivity index is 2.19. The van der Waals surface area contributed by atoms with Crippen LogP contribution < -0.4 is 5.32 Å². The second-order valence-corrected chi connectivity index (χ2v) is 5.54. The molecule has 0 unspecified atom stereocenters. The van der Waals surface area contributed by atoms with Crippen LogP contribution >= 0.6 is 15.9 Å². The molecule has 5 nitrogen and oxygen atoms in total. The number of nitro benzene ring substituents is 1. The Morgan fingerprint density at radius 1 is 1.37 bits per heavy atom. The van der Waals surface area contributed by atoms with Crippen molar-refractivity contribution in [2.75, 3.05) is 5.32 Å². The van der Waals surface area contributed by atoms with E-state index in [0.29, 0.717) is 12.8 Å². The zero-order valence-electron chi connectivity index (χ0n) is 10.1. The predicted octanol–water partition coefficient (Wildman–Crippen LogP) is 3.21. The van der Waals surface area contributed by atoms with Gasteiger partial charge in [0.05, 0.1) is 15.5 Å². The lowest BCUT2D eigenvalue weighted by Gasteiger charge is -2.26. The van der Waals surface area contributed by atoms with Crippen molar-refractivity contribution in [2.45, 2.75) is 37.8 Å². The van der Waals surface area contributed by atoms with E-state index in [4.69, 9.17) is 0 Å². The molecule has 7 heteroatoms. The number of hydrogen-bond acceptors (Lipinski definition) is 4. The van der Waals surface area contributed by atoms with Crippen molar-refractivity contribution in [3.8, 4) is 0 Å². The summed E-state index contributed by atoms with van der Waals surface area (Å²) in [5.74, 6) is -0.538. The highest BCUT2D eigenvalue weighted by atomic mass is 79.9. The van der Waals surface area contributed by atoms with Crippen LogP contribution in [0.25, 0.3) is 0 Å². The number of anilines is 1. The molecule has 1 aliphatic carbocycles. The minimum atomic E-state index is -0.538. The lowest BCUT2D eigenvalue weighted by atomic mass is 9.93. The number of nitro groups is 1. The van der Waals surface area contributed by atoms with Crippen molar-refractivity contribution in [3.05, 3.63) is 32.5 Å². The van der Waals surface area contributed by atoms with Gasteiger partial charge in [-0.3, -0.25) is 10.1 Å². The SMILES string of the molecule is O=[N+]([O-])c1cc(Br)c(F)cc1NC1CCC(O)CC1. The smallest absolute Gasteiger partial charge is 0.293 e. The van der Waals surface area contributed by atoms with Gasteiger partial charge in [-0.05, 0) is 41.6 Å². The monoisotopic (exact) mass is 332 g/mol. The second kappa shape index (κ2) is 5.83. The zero-order valence-corrected chi connectivity index (χ0v) is 11.7. The molecule has 0 spiro atoms. The summed E-state index contributed by atoms with van der Waals surface area (Å²) in [4.78, 5) is 10.4. The first-order chi connectivity index (χ1) is 8.97. The molecule has 19 heavy (non-hydrogen) atoms. The van der Waals surface area contributed by atoms with E-state index in [0.717, 1.165) is 25.0 Å². The summed E-state index contributed by atoms with van der Waals surface area (Å²) in [7, 11) is 0. The van der Waals surface area contributed by atoms with Crippen LogP contribution in [0.3, 0.4) is 0 Å². The number of rotatable bonds is 3. The molecule has 0 radical (unpaired) electrons. The van der Waals surface area contributed by atoms with Crippen LogP contribution in [0.4, 0.5) is 15.8 Å². The zero-order chi connectivity index (χ0) is 14.0. The Hall–Kier alpha value is -1.21. The van der Waals surface area contributed by atoms with E-state index in [9.17, 15) is 19.6 Å². The van der Waals surface area contributed by atoms with E-state index in [-0.39, 0.29) is 28.0 Å². The lowest BCUT2D eigenvalue weighted by molar-refractivity contribution is -0.384. The molecule has 2 rings (SSSR count). The highest BCUT2D eigenvalue weighted by molar-refractivity contribution is 9.10. The van der Waals surface area contributed by atoms with Gasteiger partial charge in [-0.1, -0.05) is 0 Å². The van der Waals surface area contributed by atoms with Crippen molar-refractivity contribution in [1.82, 2.24) is 0 Å². The van der Waals surface area contributed by atoms with E-state index >= 15 is 0 Å². The molecule has 1 fully saturated rings. The van der Waals surface area contributed by atoms with Gasteiger partial charge in [0.1, 0.15) is 11.5 Å². The largest absolute Gasteiger partial charge is 0.393 e. The van der Waals surface area contributed by atoms with E-state index in [1.807, 2.05) is 0 Å². The van der Waals surface area contributed by atoms with Crippen LogP contribution in [-0.4, -0.2) is 22.2 Å². The molecule has 0 amide bonds. The molecule has 1 aromatic rings. The van der Waals surface area contributed by atoms with Gasteiger partial charge in [-0.2, -0.15) is 0 Å². The molecule has 0 atom stereocenters. The lowest BCUT2D eigenvalue weighted by Crippen LogP contribution is -2.28. The maximum Gasteiger partial charge on any atom is 0.293 e. The fraction of sp³-hybridized carbons (Fsp3) is 0.500. The summed E-state index contributed by atoms with van der Waals surface area (Å²) < 4.78 is 13.6. The Labute approximate surface area is 118 Å². The minimum absolute atomic E-state index is 0.0303. The first kappa shape index (κ1) is 14.2. The summed E-state index contributed by atoms with van der Waals surface area (Å²) >= 11 is 2.94. The van der Waals surface area contributed by atoms with Crippen LogP contribution in [-0.2, 0) is 0 Å². The number of nitrogens with zero attached hydrogens (tertiary/aromatic N) is 1. The molecule has 0 heterocycles. The maximum atomic E-state index is 13.5. The second-order valence-electron chi connectivity index (χ2n) is 4.69. The number of aliphatic hydroxyl groups excluding tert-OH is 1. The summed E-state index contributed by atoms with van der Waals surface area (Å²) in [5, 5.41) is 23.4. The number of halogens is 2. The molecule has 0 bridgehead atoms. The first-order valence-electron chi connectivity index (χ1n) is 6.05. The minimum Gasteiger partial charge on any atom is -0.393 e. The Morgan fingerprint density at radius 2 is 2.00 bits per heavy atom. The average Bonchev–Trinajstić information content (AvgIpc) is 2.36. The summed E-state index contributed by atoms with van der Waals surface area (Å²) in [5.41, 5.74) is 0.0338. The molecule has 0 aromatic heterocycles. The molecule has 1 saturated carbocycles. The molecule has 2 N–H and O–H groups in total. The number of hydrogen-bond donors (Lipinski definition) is 2. The average molecular weight is 333 g/mol. The van der Waals surface area contributed by atoms with E-state index in [2.05, 4.69) is 21.2 Å². The van der Waals surface area contributed by atoms with Gasteiger partial charge < -0.3 is 10.4 Å². The molecule has 1 aromatic carbocycles. The Kier molecular flexibility index (Phi) is 4.36. The van der Waals surface area contributed by atoms with Crippen molar-refractivity contribution >= 4 is 27.3 Å². The van der Waals surface area contributed by atoms with Gasteiger partial charge in [0.2, 0.25) is 0 Å². The number of benzene rings is 1. The fourth-order valence-electron chi connectivity index (χ4n) is 2.24. The molecular formula is C12H14BrFN2O3. The van der Waals surface area contributed by atoms with E-state index in [1.54, 1.807) is 0 Å². The summed E-state index contributed by atoms with van der Waals surface area (Å²) in [6.45, 7) is 0. The van der Waals surface area contributed by atoms with Gasteiger partial charge in [0, 0.05) is 18.2 Å². The predicted molar refractivity (Wildman–Crippen MR) is 72.6 cm³/mol. The highest BCUT2D eigenvalue weighted by Crippen LogP contribution is 2.32. The topological polar surface area (TPSA) is 75.4 Å². The van der Waals surface area contributed by atoms with E-state index in [1.165, 1.54) is 0 Å². The molecule has 0 saturated heterocycles. The van der Waals surface area contributed by atoms with Crippen molar-refractivity contribution in [2.24, 2.45) is 0 Å². The summed E-state index contributed by atoms with van der Waals surface area (Å²) in [6.07, 6.45) is 2.45. The Bertz CT molecular complexity index is 490. The third kappa shape index (κ3) is 3.42. The van der Waals surface area contributed by atoms with Crippen LogP contribution in [0.1, 0.15) is 25.7 Å². The molecule has 1 aliphatic rings. The van der Waals surface area contributed by atoms with E-state index < -0.39 is 10.7 Å². The molecular weight excluding hydrogens is 319 g/mol. The Morgan fingerprint density at radius 3 is 2.58 bits per heavy atom. The molecule has 104 valence electrons. The van der Waals surface area contributed by atoms with Gasteiger partial charge >= 0.3 is 0 Å². The van der Waals surface area contributed by atoms with Crippen molar-refractivity contribution < 1.29 is 14.4 Å². The van der Waals surface area contributed by atoms with Crippen LogP contribution in [0.15, 0.2) is 16.6 Å². The summed E-state index contributed by atoms with van der Waals surface area (Å²) in [6, 6.07) is 2.32. The van der Waals surface area contributed by atoms with Gasteiger partial charge in [-0.25, -0.2) is 4.39 Å². The van der Waals surface area contributed by atoms with Crippen LogP contribution in [0.2, 0.25) is 0 Å². The highest BCUT2D eigenvalue weighted by Gasteiger charge is 2.23. The molecule has 0 aliphatic heterocycles. The fourth-order valence-corrected chi connectivity index (χ4v) is 2.57. The first-order valence-corrected chi connectivity index (χ1v) is 6.84.